The van der Waals surface area contributed by atoms with E-state index in [2.05, 4.69) is 10.4 Å². The van der Waals surface area contributed by atoms with Gasteiger partial charge in [0.2, 0.25) is 5.91 Å². The first-order valence-corrected chi connectivity index (χ1v) is 9.45. The van der Waals surface area contributed by atoms with Crippen molar-refractivity contribution in [2.75, 3.05) is 0 Å². The Morgan fingerprint density at radius 1 is 1.10 bits per heavy atom. The average molecular weight is 390 g/mol. The molecule has 4 rings (SSSR count). The molecule has 0 aliphatic rings. The van der Waals surface area contributed by atoms with Crippen molar-refractivity contribution in [2.45, 2.75) is 33.4 Å². The third kappa shape index (κ3) is 3.35. The summed E-state index contributed by atoms with van der Waals surface area (Å²) in [6.45, 7) is 5.92. The number of amides is 1. The maximum atomic E-state index is 12.8. The van der Waals surface area contributed by atoms with Crippen molar-refractivity contribution in [2.24, 2.45) is 0 Å². The topological polar surface area (TPSA) is 82.1 Å². The van der Waals surface area contributed by atoms with Crippen LogP contribution in [-0.4, -0.2) is 20.3 Å². The molecule has 29 heavy (non-hydrogen) atoms. The number of aromatic nitrogens is 3. The summed E-state index contributed by atoms with van der Waals surface area (Å²) in [6, 6.07) is 16.2. The van der Waals surface area contributed by atoms with E-state index >= 15 is 0 Å². The highest BCUT2D eigenvalue weighted by Crippen LogP contribution is 2.19. The Morgan fingerprint density at radius 2 is 1.79 bits per heavy atom. The van der Waals surface area contributed by atoms with E-state index in [0.717, 1.165) is 22.6 Å². The average Bonchev–Trinajstić information content (AvgIpc) is 3.21. The van der Waals surface area contributed by atoms with Gasteiger partial charge in [0.05, 0.1) is 16.9 Å². The zero-order valence-electron chi connectivity index (χ0n) is 16.5. The van der Waals surface area contributed by atoms with Crippen molar-refractivity contribution < 1.29 is 9.21 Å². The Balaban J connectivity index is 1.55. The Hall–Kier alpha value is -3.61. The molecule has 7 nitrogen and oxygen atoms in total. The van der Waals surface area contributed by atoms with E-state index in [-0.39, 0.29) is 5.91 Å². The normalized spacial score (nSPS) is 12.2. The number of fused-ring (bicyclic) bond motifs is 1. The van der Waals surface area contributed by atoms with Crippen LogP contribution in [0.25, 0.3) is 16.8 Å². The highest BCUT2D eigenvalue weighted by molar-refractivity contribution is 5.82. The van der Waals surface area contributed by atoms with Crippen molar-refractivity contribution in [1.82, 2.24) is 19.7 Å². The summed E-state index contributed by atoms with van der Waals surface area (Å²) in [7, 11) is 0. The van der Waals surface area contributed by atoms with Gasteiger partial charge in [-0.25, -0.2) is 9.48 Å². The van der Waals surface area contributed by atoms with E-state index in [1.54, 1.807) is 25.1 Å². The third-order valence-corrected chi connectivity index (χ3v) is 5.17. The summed E-state index contributed by atoms with van der Waals surface area (Å²) in [5, 5.41) is 7.54. The second-order valence-electron chi connectivity index (χ2n) is 7.00. The van der Waals surface area contributed by atoms with Gasteiger partial charge in [0.25, 0.3) is 0 Å². The molecule has 0 aliphatic carbocycles. The van der Waals surface area contributed by atoms with Crippen LogP contribution in [0.2, 0.25) is 0 Å². The number of carbonyl (C=O) groups excluding carboxylic acids is 1. The molecule has 1 atom stereocenters. The predicted molar refractivity (Wildman–Crippen MR) is 110 cm³/mol. The zero-order chi connectivity index (χ0) is 20.5. The molecule has 0 saturated carbocycles. The number of hydrogen-bond donors (Lipinski definition) is 1. The smallest absolute Gasteiger partial charge is 0.408 e. The van der Waals surface area contributed by atoms with Gasteiger partial charge in [-0.3, -0.25) is 9.36 Å². The van der Waals surface area contributed by atoms with Gasteiger partial charge in [0, 0.05) is 17.8 Å². The number of para-hydroxylation sites is 3. The van der Waals surface area contributed by atoms with Gasteiger partial charge in [-0.1, -0.05) is 30.3 Å². The van der Waals surface area contributed by atoms with Crippen LogP contribution in [0.5, 0.6) is 0 Å². The van der Waals surface area contributed by atoms with Gasteiger partial charge in [-0.15, -0.1) is 0 Å². The maximum Gasteiger partial charge on any atom is 0.420 e. The van der Waals surface area contributed by atoms with Gasteiger partial charge in [-0.05, 0) is 45.0 Å². The van der Waals surface area contributed by atoms with Crippen molar-refractivity contribution in [3.63, 3.8) is 0 Å². The first kappa shape index (κ1) is 18.7. The molecule has 2 heterocycles. The number of aryl methyl sites for hydroxylation is 1. The Kier molecular flexibility index (Phi) is 4.80. The molecule has 1 amide bonds. The Morgan fingerprint density at radius 3 is 2.55 bits per heavy atom. The lowest BCUT2D eigenvalue weighted by molar-refractivity contribution is -0.124. The van der Waals surface area contributed by atoms with Gasteiger partial charge in [0.15, 0.2) is 5.58 Å². The number of nitrogens with one attached hydrogen (secondary N) is 1. The van der Waals surface area contributed by atoms with E-state index in [1.807, 2.05) is 54.9 Å². The molecule has 0 saturated heterocycles. The van der Waals surface area contributed by atoms with E-state index in [9.17, 15) is 9.59 Å². The molecule has 148 valence electrons. The minimum atomic E-state index is -0.698. The number of nitrogens with zero attached hydrogens (tertiary/aromatic N) is 3. The molecule has 1 N–H and O–H groups in total. The quantitative estimate of drug-likeness (QED) is 0.567. The zero-order valence-corrected chi connectivity index (χ0v) is 16.5. The van der Waals surface area contributed by atoms with Crippen LogP contribution in [-0.2, 0) is 11.3 Å². The fraction of sp³-hybridized carbons (Fsp3) is 0.227. The molecule has 2 aromatic heterocycles. The standard InChI is InChI=1S/C22H22N4O3/c1-14-18(15(2)26(24-14)17-9-5-4-6-10-17)13-23-21(27)16(3)25-19-11-7-8-12-20(19)29-22(25)28/h4-12,16H,13H2,1-3H3,(H,23,27). The molecule has 1 unspecified atom stereocenters. The molecule has 0 spiro atoms. The molecule has 7 heteroatoms. The first-order chi connectivity index (χ1) is 14.0. The summed E-state index contributed by atoms with van der Waals surface area (Å²) >= 11 is 0. The molecule has 0 fully saturated rings. The summed E-state index contributed by atoms with van der Waals surface area (Å²) in [5.41, 5.74) is 4.81. The van der Waals surface area contributed by atoms with Crippen LogP contribution < -0.4 is 11.1 Å². The molecule has 2 aromatic carbocycles. The lowest BCUT2D eigenvalue weighted by Gasteiger charge is -2.13. The van der Waals surface area contributed by atoms with Crippen LogP contribution >= 0.6 is 0 Å². The van der Waals surface area contributed by atoms with E-state index in [1.165, 1.54) is 4.57 Å². The minimum absolute atomic E-state index is 0.259. The van der Waals surface area contributed by atoms with Crippen molar-refractivity contribution in [3.8, 4) is 5.69 Å². The highest BCUT2D eigenvalue weighted by atomic mass is 16.4. The highest BCUT2D eigenvalue weighted by Gasteiger charge is 2.22. The SMILES string of the molecule is Cc1nn(-c2ccccc2)c(C)c1CNC(=O)C(C)n1c(=O)oc2ccccc21. The van der Waals surface area contributed by atoms with Gasteiger partial charge < -0.3 is 9.73 Å². The molecule has 0 bridgehead atoms. The Bertz CT molecular complexity index is 1230. The van der Waals surface area contributed by atoms with Crippen LogP contribution in [0.15, 0.2) is 63.8 Å². The van der Waals surface area contributed by atoms with E-state index in [4.69, 9.17) is 4.42 Å². The third-order valence-electron chi connectivity index (χ3n) is 5.17. The second-order valence-corrected chi connectivity index (χ2v) is 7.00. The van der Waals surface area contributed by atoms with Crippen LogP contribution in [0.3, 0.4) is 0 Å². The van der Waals surface area contributed by atoms with Crippen molar-refractivity contribution in [3.05, 3.63) is 82.1 Å². The molecular formula is C22H22N4O3. The van der Waals surface area contributed by atoms with Crippen LogP contribution in [0, 0.1) is 13.8 Å². The van der Waals surface area contributed by atoms with E-state index < -0.39 is 11.8 Å². The number of hydrogen-bond acceptors (Lipinski definition) is 4. The van der Waals surface area contributed by atoms with Gasteiger partial charge >= 0.3 is 5.76 Å². The largest absolute Gasteiger partial charge is 0.420 e. The maximum absolute atomic E-state index is 12.8. The van der Waals surface area contributed by atoms with Crippen molar-refractivity contribution in [1.29, 1.82) is 0 Å². The number of carbonyl (C=O) groups is 1. The minimum Gasteiger partial charge on any atom is -0.408 e. The summed E-state index contributed by atoms with van der Waals surface area (Å²) in [4.78, 5) is 25.0. The second kappa shape index (κ2) is 7.43. The monoisotopic (exact) mass is 390 g/mol. The predicted octanol–water partition coefficient (Wildman–Crippen LogP) is 3.27. The molecule has 0 radical (unpaired) electrons. The number of oxazole rings is 1. The van der Waals surface area contributed by atoms with Gasteiger partial charge in [-0.2, -0.15) is 5.10 Å². The number of benzene rings is 2. The first-order valence-electron chi connectivity index (χ1n) is 9.45. The van der Waals surface area contributed by atoms with Crippen LogP contribution in [0.1, 0.15) is 29.9 Å². The molecular weight excluding hydrogens is 368 g/mol. The summed E-state index contributed by atoms with van der Waals surface area (Å²) in [5.74, 6) is -0.803. The fourth-order valence-corrected chi connectivity index (χ4v) is 3.54. The molecule has 4 aromatic rings. The summed E-state index contributed by atoms with van der Waals surface area (Å²) < 4.78 is 8.48. The lowest BCUT2D eigenvalue weighted by Crippen LogP contribution is -2.34. The summed E-state index contributed by atoms with van der Waals surface area (Å²) in [6.07, 6.45) is 0. The fourth-order valence-electron chi connectivity index (χ4n) is 3.54. The Labute approximate surface area is 167 Å². The van der Waals surface area contributed by atoms with Crippen molar-refractivity contribution >= 4 is 17.0 Å². The number of rotatable bonds is 5. The molecule has 0 aliphatic heterocycles. The van der Waals surface area contributed by atoms with Gasteiger partial charge in [0.1, 0.15) is 6.04 Å². The van der Waals surface area contributed by atoms with Crippen LogP contribution in [0.4, 0.5) is 0 Å². The lowest BCUT2D eigenvalue weighted by atomic mass is 10.2. The van der Waals surface area contributed by atoms with E-state index in [0.29, 0.717) is 17.6 Å².